The number of rotatable bonds is 9. The number of oxime groups is 1. The summed E-state index contributed by atoms with van der Waals surface area (Å²) in [5.41, 5.74) is 4.45. The Balaban J connectivity index is 1.43. The number of aromatic nitrogens is 1. The molecule has 2 N–H and O–H groups in total. The molecule has 0 spiro atoms. The lowest BCUT2D eigenvalue weighted by molar-refractivity contribution is -0.135. The molecule has 0 fully saturated rings. The van der Waals surface area contributed by atoms with Crippen LogP contribution in [0.2, 0.25) is 0 Å². The van der Waals surface area contributed by atoms with Crippen molar-refractivity contribution in [3.05, 3.63) is 46.9 Å². The Morgan fingerprint density at radius 3 is 2.72 bits per heavy atom. The number of nitrogens with zero attached hydrogens (tertiary/aromatic N) is 2. The van der Waals surface area contributed by atoms with E-state index in [1.54, 1.807) is 13.0 Å². The zero-order valence-corrected chi connectivity index (χ0v) is 21.3. The fraction of sp³-hybridized carbons (Fsp3) is 0.308. The van der Waals surface area contributed by atoms with Gasteiger partial charge in [-0.15, -0.1) is 0 Å². The van der Waals surface area contributed by atoms with E-state index in [0.717, 1.165) is 0 Å². The summed E-state index contributed by atoms with van der Waals surface area (Å²) in [6.07, 6.45) is 1.32. The van der Waals surface area contributed by atoms with Crippen LogP contribution in [-0.2, 0) is 20.8 Å². The maximum atomic E-state index is 13.5. The van der Waals surface area contributed by atoms with Crippen molar-refractivity contribution in [3.8, 4) is 23.0 Å². The van der Waals surface area contributed by atoms with Crippen LogP contribution in [0.25, 0.3) is 10.9 Å². The first-order valence-corrected chi connectivity index (χ1v) is 12.0. The van der Waals surface area contributed by atoms with E-state index >= 15 is 0 Å². The van der Waals surface area contributed by atoms with E-state index in [1.807, 2.05) is 0 Å². The smallest absolute Gasteiger partial charge is 0.356 e. The van der Waals surface area contributed by atoms with Gasteiger partial charge >= 0.3 is 5.97 Å². The molecule has 39 heavy (non-hydrogen) atoms. The van der Waals surface area contributed by atoms with E-state index < -0.39 is 23.8 Å². The van der Waals surface area contributed by atoms with Crippen LogP contribution in [0.4, 0.5) is 4.39 Å². The number of halogens is 1. The van der Waals surface area contributed by atoms with Crippen LogP contribution in [-0.4, -0.2) is 62.5 Å². The minimum Gasteiger partial charge on any atom is -0.492 e. The fourth-order valence-electron chi connectivity index (χ4n) is 4.43. The second-order valence-electron chi connectivity index (χ2n) is 8.53. The van der Waals surface area contributed by atoms with Gasteiger partial charge < -0.3 is 33.5 Å². The van der Waals surface area contributed by atoms with Crippen LogP contribution in [0, 0.1) is 5.82 Å². The second kappa shape index (κ2) is 10.9. The van der Waals surface area contributed by atoms with Crippen LogP contribution < -0.4 is 24.4 Å². The van der Waals surface area contributed by atoms with Crippen molar-refractivity contribution in [2.75, 3.05) is 27.6 Å². The predicted molar refractivity (Wildman–Crippen MR) is 136 cm³/mol. The molecule has 0 unspecified atom stereocenters. The fourth-order valence-corrected chi connectivity index (χ4v) is 4.43. The maximum Gasteiger partial charge on any atom is 0.356 e. The Bertz CT molecular complexity index is 1500. The van der Waals surface area contributed by atoms with Crippen molar-refractivity contribution < 1.29 is 42.5 Å². The maximum absolute atomic E-state index is 13.5. The van der Waals surface area contributed by atoms with E-state index in [9.17, 15) is 14.0 Å². The molecule has 3 aromatic rings. The van der Waals surface area contributed by atoms with Gasteiger partial charge in [0.2, 0.25) is 18.3 Å². The molecule has 1 aromatic heterocycles. The summed E-state index contributed by atoms with van der Waals surface area (Å²) in [6.45, 7) is 1.88. The predicted octanol–water partition coefficient (Wildman–Crippen LogP) is 3.07. The summed E-state index contributed by atoms with van der Waals surface area (Å²) in [5.74, 6) is -0.153. The number of ether oxygens (including phenoxy) is 5. The Hall–Kier alpha value is -4.81. The quantitative estimate of drug-likeness (QED) is 0.240. The second-order valence-corrected chi connectivity index (χ2v) is 8.53. The van der Waals surface area contributed by atoms with Gasteiger partial charge in [0.1, 0.15) is 17.6 Å². The Labute approximate surface area is 221 Å². The van der Waals surface area contributed by atoms with Crippen molar-refractivity contribution >= 4 is 34.7 Å². The number of methoxy groups -OCH3 is 2. The number of carbonyl (C=O) groups is 2. The highest BCUT2D eigenvalue weighted by Gasteiger charge is 2.34. The zero-order valence-electron chi connectivity index (χ0n) is 21.3. The van der Waals surface area contributed by atoms with Gasteiger partial charge in [0.05, 0.1) is 27.0 Å². The van der Waals surface area contributed by atoms with Crippen LogP contribution in [0.1, 0.15) is 35.0 Å². The van der Waals surface area contributed by atoms with Crippen molar-refractivity contribution in [2.45, 2.75) is 25.9 Å². The van der Waals surface area contributed by atoms with Crippen LogP contribution in [0.15, 0.2) is 34.5 Å². The first-order valence-electron chi connectivity index (χ1n) is 12.0. The average molecular weight is 541 g/mol. The van der Waals surface area contributed by atoms with E-state index in [1.165, 1.54) is 38.6 Å². The van der Waals surface area contributed by atoms with Crippen LogP contribution in [0.5, 0.6) is 23.0 Å². The lowest BCUT2D eigenvalue weighted by Crippen LogP contribution is -2.20. The number of amides is 1. The first kappa shape index (κ1) is 25.8. The molecule has 204 valence electrons. The minimum atomic E-state index is -0.542. The van der Waals surface area contributed by atoms with Crippen molar-refractivity contribution in [2.24, 2.45) is 10.3 Å². The number of esters is 1. The number of hydrogen-bond acceptors (Lipinski definition) is 10. The summed E-state index contributed by atoms with van der Waals surface area (Å²) < 4.78 is 41.1. The van der Waals surface area contributed by atoms with E-state index in [0.29, 0.717) is 45.0 Å². The number of carbonyl (C=O) groups excluding carboxylic acids is 2. The molecule has 0 aliphatic carbocycles. The molecule has 2 aliphatic rings. The van der Waals surface area contributed by atoms with Gasteiger partial charge in [0.15, 0.2) is 17.2 Å². The third kappa shape index (κ3) is 5.02. The molecule has 12 nitrogen and oxygen atoms in total. The molecule has 2 aromatic carbocycles. The highest BCUT2D eigenvalue weighted by atomic mass is 19.1. The average Bonchev–Trinajstić information content (AvgIpc) is 3.68. The number of nitrogens with one attached hydrogen (secondary N) is 2. The van der Waals surface area contributed by atoms with Crippen molar-refractivity contribution in [1.82, 2.24) is 10.4 Å². The Kier molecular flexibility index (Phi) is 7.21. The van der Waals surface area contributed by atoms with Crippen LogP contribution in [0.3, 0.4) is 0 Å². The highest BCUT2D eigenvalue weighted by Crippen LogP contribution is 2.52. The minimum absolute atomic E-state index is 0.0458. The van der Waals surface area contributed by atoms with Gasteiger partial charge in [0.25, 0.3) is 5.91 Å². The molecule has 1 amide bonds. The van der Waals surface area contributed by atoms with E-state index in [-0.39, 0.29) is 37.6 Å². The number of benzene rings is 2. The molecule has 0 bridgehead atoms. The summed E-state index contributed by atoms with van der Waals surface area (Å²) in [6, 6.07) is 5.69. The largest absolute Gasteiger partial charge is 0.492 e. The monoisotopic (exact) mass is 540 g/mol. The summed E-state index contributed by atoms with van der Waals surface area (Å²) in [7, 11) is 2.94. The van der Waals surface area contributed by atoms with Gasteiger partial charge in [0, 0.05) is 34.9 Å². The van der Waals surface area contributed by atoms with Crippen molar-refractivity contribution in [3.63, 3.8) is 0 Å². The molecule has 3 heterocycles. The van der Waals surface area contributed by atoms with Gasteiger partial charge in [-0.2, -0.15) is 5.10 Å². The standard InChI is InChI=1S/C26H25FN4O8/c1-4-36-26(33)20-10-15(39-31-20)9-16-17(22(35-3)24-23(21(16)34-2)37-12-38-24)11-28-30-25(32)19-8-13-7-14(27)5-6-18(13)29-19/h5-8,11,15,29H,4,9-10,12H2,1-3H3,(H,30,32)/b28-11+/t15-/m1/s1. The lowest BCUT2D eigenvalue weighted by atomic mass is 9.96. The number of aromatic amines is 1. The molecule has 2 aliphatic heterocycles. The van der Waals surface area contributed by atoms with Crippen molar-refractivity contribution in [1.29, 1.82) is 0 Å². The molecule has 1 atom stereocenters. The molecular formula is C26H25FN4O8. The molecule has 13 heteroatoms. The number of fused-ring (bicyclic) bond motifs is 2. The topological polar surface area (TPSA) is 142 Å². The SMILES string of the molecule is CCOC(=O)C1=NO[C@H](Cc2c(/C=N/NC(=O)c3cc4cc(F)ccc4[nH]3)c(OC)c3c(c2OC)OCO3)C1. The highest BCUT2D eigenvalue weighted by molar-refractivity contribution is 6.36. The van der Waals surface area contributed by atoms with E-state index in [4.69, 9.17) is 28.5 Å². The summed E-state index contributed by atoms with van der Waals surface area (Å²) in [4.78, 5) is 33.3. The first-order chi connectivity index (χ1) is 18.9. The normalized spacial score (nSPS) is 15.8. The van der Waals surface area contributed by atoms with Crippen LogP contribution >= 0.6 is 0 Å². The number of hydrogen-bond donors (Lipinski definition) is 2. The van der Waals surface area contributed by atoms with Gasteiger partial charge in [-0.1, -0.05) is 5.16 Å². The van der Waals surface area contributed by atoms with Gasteiger partial charge in [-0.05, 0) is 31.2 Å². The molecule has 0 radical (unpaired) electrons. The summed E-state index contributed by atoms with van der Waals surface area (Å²) in [5, 5.41) is 8.55. The number of hydrazone groups is 1. The molecule has 0 saturated carbocycles. The summed E-state index contributed by atoms with van der Waals surface area (Å²) >= 11 is 0. The third-order valence-corrected chi connectivity index (χ3v) is 6.14. The van der Waals surface area contributed by atoms with E-state index in [2.05, 4.69) is 20.7 Å². The molecular weight excluding hydrogens is 515 g/mol. The Morgan fingerprint density at radius 1 is 1.21 bits per heavy atom. The van der Waals surface area contributed by atoms with Gasteiger partial charge in [-0.3, -0.25) is 4.79 Å². The molecule has 5 rings (SSSR count). The third-order valence-electron chi connectivity index (χ3n) is 6.14. The van der Waals surface area contributed by atoms with Gasteiger partial charge in [-0.25, -0.2) is 14.6 Å². The number of H-pyrrole nitrogens is 1. The molecule has 0 saturated heterocycles. The lowest BCUT2D eigenvalue weighted by Gasteiger charge is -2.19. The zero-order chi connectivity index (χ0) is 27.5. The Morgan fingerprint density at radius 2 is 1.97 bits per heavy atom.